The van der Waals surface area contributed by atoms with E-state index in [9.17, 15) is 9.59 Å². The molecule has 0 aliphatic heterocycles. The maximum absolute atomic E-state index is 11.9. The van der Waals surface area contributed by atoms with Gasteiger partial charge in [-0.3, -0.25) is 9.59 Å². The van der Waals surface area contributed by atoms with Crippen molar-refractivity contribution in [3.05, 3.63) is 0 Å². The molecule has 0 bridgehead atoms. The second-order valence-electron chi connectivity index (χ2n) is 7.59. The van der Waals surface area contributed by atoms with Gasteiger partial charge in [-0.25, -0.2) is 0 Å². The Bertz CT molecular complexity index is 333. The number of carbonyl (C=O) groups excluding carboxylic acids is 2. The van der Waals surface area contributed by atoms with Crippen molar-refractivity contribution in [1.29, 1.82) is 0 Å². The highest BCUT2D eigenvalue weighted by Gasteiger charge is 2.13. The molecule has 0 N–H and O–H groups in total. The Balaban J connectivity index is 3.65. The van der Waals surface area contributed by atoms with E-state index in [1.165, 1.54) is 0 Å². The molecule has 160 valence electrons. The summed E-state index contributed by atoms with van der Waals surface area (Å²) in [5, 5.41) is 0. The quantitative estimate of drug-likeness (QED) is 0.194. The van der Waals surface area contributed by atoms with Crippen molar-refractivity contribution in [1.82, 2.24) is 0 Å². The van der Waals surface area contributed by atoms with Gasteiger partial charge >= 0.3 is 11.9 Å². The van der Waals surface area contributed by atoms with Gasteiger partial charge in [0.1, 0.15) is 12.2 Å². The molecule has 0 spiro atoms. The summed E-state index contributed by atoms with van der Waals surface area (Å²) in [4.78, 5) is 23.8. The van der Waals surface area contributed by atoms with Crippen LogP contribution in [0.3, 0.4) is 0 Å². The minimum atomic E-state index is -0.0563. The predicted molar refractivity (Wildman–Crippen MR) is 112 cm³/mol. The lowest BCUT2D eigenvalue weighted by molar-refractivity contribution is -0.150. The standard InChI is InChI=1S/C23H44O4/c1-5-9-16-20(7-3)26-22(24)18-14-12-11-13-15-19-23(25)27-21(8-4)17-10-6-2/h20-21H,5-19H2,1-4H3. The third-order valence-corrected chi connectivity index (χ3v) is 5.03. The Morgan fingerprint density at radius 2 is 0.963 bits per heavy atom. The summed E-state index contributed by atoms with van der Waals surface area (Å²) in [6, 6.07) is 0. The summed E-state index contributed by atoms with van der Waals surface area (Å²) in [7, 11) is 0. The van der Waals surface area contributed by atoms with Crippen molar-refractivity contribution in [3.63, 3.8) is 0 Å². The molecule has 4 heteroatoms. The topological polar surface area (TPSA) is 52.6 Å². The third kappa shape index (κ3) is 15.7. The molecule has 2 unspecified atom stereocenters. The van der Waals surface area contributed by atoms with E-state index < -0.39 is 0 Å². The fourth-order valence-electron chi connectivity index (χ4n) is 3.11. The van der Waals surface area contributed by atoms with Gasteiger partial charge in [0, 0.05) is 12.8 Å². The van der Waals surface area contributed by atoms with E-state index in [0.717, 1.165) is 83.5 Å². The molecule has 0 radical (unpaired) electrons. The fraction of sp³-hybridized carbons (Fsp3) is 0.913. The smallest absolute Gasteiger partial charge is 0.306 e. The van der Waals surface area contributed by atoms with Gasteiger partial charge in [0.15, 0.2) is 0 Å². The largest absolute Gasteiger partial charge is 0.462 e. The lowest BCUT2D eigenvalue weighted by Crippen LogP contribution is -2.17. The Morgan fingerprint density at radius 3 is 1.30 bits per heavy atom. The zero-order valence-corrected chi connectivity index (χ0v) is 18.4. The molecule has 0 heterocycles. The summed E-state index contributed by atoms with van der Waals surface area (Å²) in [6.45, 7) is 8.46. The third-order valence-electron chi connectivity index (χ3n) is 5.03. The highest BCUT2D eigenvalue weighted by atomic mass is 16.5. The van der Waals surface area contributed by atoms with Gasteiger partial charge in [-0.2, -0.15) is 0 Å². The van der Waals surface area contributed by atoms with E-state index in [1.807, 2.05) is 0 Å². The molecular formula is C23H44O4. The van der Waals surface area contributed by atoms with Gasteiger partial charge in [-0.05, 0) is 38.5 Å². The lowest BCUT2D eigenvalue weighted by Gasteiger charge is -2.16. The first kappa shape index (κ1) is 25.9. The molecular weight excluding hydrogens is 340 g/mol. The summed E-state index contributed by atoms with van der Waals surface area (Å²) in [6.07, 6.45) is 14.3. The summed E-state index contributed by atoms with van der Waals surface area (Å²) in [5.41, 5.74) is 0. The molecule has 0 fully saturated rings. The number of unbranched alkanes of at least 4 members (excludes halogenated alkanes) is 6. The van der Waals surface area contributed by atoms with Crippen LogP contribution in [0, 0.1) is 0 Å². The minimum Gasteiger partial charge on any atom is -0.462 e. The second-order valence-corrected chi connectivity index (χ2v) is 7.59. The van der Waals surface area contributed by atoms with E-state index in [2.05, 4.69) is 27.7 Å². The Morgan fingerprint density at radius 1 is 0.593 bits per heavy atom. The first-order valence-corrected chi connectivity index (χ1v) is 11.5. The monoisotopic (exact) mass is 384 g/mol. The summed E-state index contributed by atoms with van der Waals surface area (Å²) < 4.78 is 11.1. The van der Waals surface area contributed by atoms with E-state index in [4.69, 9.17) is 9.47 Å². The van der Waals surface area contributed by atoms with E-state index >= 15 is 0 Å². The maximum atomic E-state index is 11.9. The molecule has 0 saturated heterocycles. The Labute approximate surface area is 167 Å². The predicted octanol–water partition coefficient (Wildman–Crippen LogP) is 6.74. The molecule has 0 amide bonds. The number of rotatable bonds is 18. The molecule has 0 aromatic rings. The SMILES string of the molecule is CCCCC(CC)OC(=O)CCCCCCCC(=O)OC(CC)CCCC. The molecule has 27 heavy (non-hydrogen) atoms. The molecule has 0 saturated carbocycles. The normalized spacial score (nSPS) is 13.2. The van der Waals surface area contributed by atoms with Crippen LogP contribution >= 0.6 is 0 Å². The molecule has 4 nitrogen and oxygen atoms in total. The van der Waals surface area contributed by atoms with Crippen LogP contribution in [-0.4, -0.2) is 24.1 Å². The molecule has 2 atom stereocenters. The fourth-order valence-corrected chi connectivity index (χ4v) is 3.11. The molecule has 0 aromatic heterocycles. The number of ether oxygens (including phenoxy) is 2. The van der Waals surface area contributed by atoms with Gasteiger partial charge in [-0.1, -0.05) is 72.6 Å². The second kappa shape index (κ2) is 18.3. The van der Waals surface area contributed by atoms with Crippen LogP contribution in [0.4, 0.5) is 0 Å². The van der Waals surface area contributed by atoms with Crippen molar-refractivity contribution in [3.8, 4) is 0 Å². The van der Waals surface area contributed by atoms with Gasteiger partial charge in [0.2, 0.25) is 0 Å². The molecule has 0 aromatic carbocycles. The Hall–Kier alpha value is -1.06. The summed E-state index contributed by atoms with van der Waals surface area (Å²) in [5.74, 6) is -0.113. The van der Waals surface area contributed by atoms with Crippen molar-refractivity contribution in [2.75, 3.05) is 0 Å². The maximum Gasteiger partial charge on any atom is 0.306 e. The van der Waals surface area contributed by atoms with Crippen molar-refractivity contribution < 1.29 is 19.1 Å². The average Bonchev–Trinajstić information content (AvgIpc) is 2.67. The zero-order valence-electron chi connectivity index (χ0n) is 18.4. The van der Waals surface area contributed by atoms with Gasteiger partial charge < -0.3 is 9.47 Å². The molecule has 0 rings (SSSR count). The van der Waals surface area contributed by atoms with Gasteiger partial charge in [-0.15, -0.1) is 0 Å². The van der Waals surface area contributed by atoms with E-state index in [0.29, 0.717) is 12.8 Å². The van der Waals surface area contributed by atoms with Gasteiger partial charge in [0.25, 0.3) is 0 Å². The van der Waals surface area contributed by atoms with Crippen molar-refractivity contribution in [2.45, 2.75) is 136 Å². The first-order valence-electron chi connectivity index (χ1n) is 11.5. The lowest BCUT2D eigenvalue weighted by atomic mass is 10.1. The van der Waals surface area contributed by atoms with Crippen LogP contribution in [0.2, 0.25) is 0 Å². The average molecular weight is 385 g/mol. The van der Waals surface area contributed by atoms with Crippen molar-refractivity contribution >= 4 is 11.9 Å². The van der Waals surface area contributed by atoms with E-state index in [1.54, 1.807) is 0 Å². The van der Waals surface area contributed by atoms with Crippen LogP contribution in [0.1, 0.15) is 124 Å². The Kier molecular flexibility index (Phi) is 17.6. The number of esters is 2. The van der Waals surface area contributed by atoms with Crippen LogP contribution in [0.15, 0.2) is 0 Å². The van der Waals surface area contributed by atoms with Crippen LogP contribution in [0.25, 0.3) is 0 Å². The van der Waals surface area contributed by atoms with E-state index in [-0.39, 0.29) is 24.1 Å². The number of hydrogen-bond donors (Lipinski definition) is 0. The zero-order chi connectivity index (χ0) is 20.3. The summed E-state index contributed by atoms with van der Waals surface area (Å²) >= 11 is 0. The van der Waals surface area contributed by atoms with Crippen molar-refractivity contribution in [2.24, 2.45) is 0 Å². The highest BCUT2D eigenvalue weighted by molar-refractivity contribution is 5.69. The van der Waals surface area contributed by atoms with Crippen LogP contribution in [-0.2, 0) is 19.1 Å². The minimum absolute atomic E-state index is 0.0563. The van der Waals surface area contributed by atoms with Crippen LogP contribution in [0.5, 0.6) is 0 Å². The molecule has 0 aliphatic carbocycles. The highest BCUT2D eigenvalue weighted by Crippen LogP contribution is 2.14. The molecule has 0 aliphatic rings. The van der Waals surface area contributed by atoms with Crippen LogP contribution < -0.4 is 0 Å². The van der Waals surface area contributed by atoms with Gasteiger partial charge in [0.05, 0.1) is 0 Å². The number of carbonyl (C=O) groups is 2. The number of hydrogen-bond acceptors (Lipinski definition) is 4. The first-order chi connectivity index (χ1) is 13.1.